The largest absolute Gasteiger partial charge is 0.483 e. The number of hydrogen-bond acceptors (Lipinski definition) is 3. The van der Waals surface area contributed by atoms with Crippen LogP contribution in [0, 0.1) is 0 Å². The van der Waals surface area contributed by atoms with Gasteiger partial charge < -0.3 is 10.1 Å². The molecule has 1 N–H and O–H groups in total. The number of rotatable bonds is 6. The molecule has 3 rings (SSSR count). The number of anilines is 1. The number of Topliss-reactive ketones (excluding diaryl/α,β-unsaturated/α-hetero) is 1. The molecule has 0 bridgehead atoms. The van der Waals surface area contributed by atoms with E-state index in [-0.39, 0.29) is 18.3 Å². The third-order valence-electron chi connectivity index (χ3n) is 3.91. The molecule has 0 radical (unpaired) electrons. The van der Waals surface area contributed by atoms with Gasteiger partial charge in [0.25, 0.3) is 5.91 Å². The first-order chi connectivity index (χ1) is 12.6. The first kappa shape index (κ1) is 17.4. The summed E-state index contributed by atoms with van der Waals surface area (Å²) in [6.45, 7) is 1.30. The Hall–Kier alpha value is -3.40. The summed E-state index contributed by atoms with van der Waals surface area (Å²) in [6, 6.07) is 24.3. The fourth-order valence-electron chi connectivity index (χ4n) is 2.67. The molecule has 0 unspecified atom stereocenters. The van der Waals surface area contributed by atoms with Gasteiger partial charge in [0.15, 0.2) is 12.4 Å². The number of carbonyl (C=O) groups excluding carboxylic acids is 2. The molecule has 130 valence electrons. The van der Waals surface area contributed by atoms with Gasteiger partial charge in [-0.15, -0.1) is 0 Å². The number of para-hydroxylation sites is 2. The molecule has 0 saturated heterocycles. The lowest BCUT2D eigenvalue weighted by Gasteiger charge is -2.13. The lowest BCUT2D eigenvalue weighted by atomic mass is 10.0. The average molecular weight is 345 g/mol. The van der Waals surface area contributed by atoms with E-state index in [0.717, 1.165) is 11.1 Å². The lowest BCUT2D eigenvalue weighted by Crippen LogP contribution is -2.21. The Kier molecular flexibility index (Phi) is 5.44. The number of carbonyl (C=O) groups is 2. The molecule has 3 aromatic rings. The molecule has 0 aliphatic rings. The van der Waals surface area contributed by atoms with Gasteiger partial charge in [-0.2, -0.15) is 0 Å². The second-order valence-corrected chi connectivity index (χ2v) is 5.80. The van der Waals surface area contributed by atoms with Crippen molar-refractivity contribution in [1.82, 2.24) is 0 Å². The SMILES string of the molecule is CC(=O)c1ccccc1OCC(=O)Nc1ccccc1-c1ccccc1. The van der Waals surface area contributed by atoms with Crippen molar-refractivity contribution in [1.29, 1.82) is 0 Å². The number of ketones is 1. The van der Waals surface area contributed by atoms with Gasteiger partial charge in [0.05, 0.1) is 5.56 Å². The third-order valence-corrected chi connectivity index (χ3v) is 3.91. The van der Waals surface area contributed by atoms with Crippen molar-refractivity contribution >= 4 is 17.4 Å². The smallest absolute Gasteiger partial charge is 0.262 e. The molecule has 0 heterocycles. The molecule has 0 aromatic heterocycles. The predicted octanol–water partition coefficient (Wildman–Crippen LogP) is 4.57. The van der Waals surface area contributed by atoms with Crippen LogP contribution < -0.4 is 10.1 Å². The summed E-state index contributed by atoms with van der Waals surface area (Å²) in [5.74, 6) is 0.0219. The fraction of sp³-hybridized carbons (Fsp3) is 0.0909. The van der Waals surface area contributed by atoms with Crippen molar-refractivity contribution in [3.8, 4) is 16.9 Å². The second kappa shape index (κ2) is 8.12. The summed E-state index contributed by atoms with van der Waals surface area (Å²) in [7, 11) is 0. The maximum atomic E-state index is 12.3. The van der Waals surface area contributed by atoms with Crippen LogP contribution in [0.5, 0.6) is 5.75 Å². The van der Waals surface area contributed by atoms with E-state index in [0.29, 0.717) is 17.0 Å². The minimum atomic E-state index is -0.285. The zero-order valence-corrected chi connectivity index (χ0v) is 14.4. The number of amides is 1. The third kappa shape index (κ3) is 4.16. The summed E-state index contributed by atoms with van der Waals surface area (Å²) in [6.07, 6.45) is 0. The zero-order valence-electron chi connectivity index (χ0n) is 14.4. The summed E-state index contributed by atoms with van der Waals surface area (Å²) >= 11 is 0. The van der Waals surface area contributed by atoms with Crippen LogP contribution in [0.3, 0.4) is 0 Å². The van der Waals surface area contributed by atoms with E-state index >= 15 is 0 Å². The Morgan fingerprint density at radius 1 is 0.846 bits per heavy atom. The average Bonchev–Trinajstić information content (AvgIpc) is 2.67. The van der Waals surface area contributed by atoms with Gasteiger partial charge in [0.1, 0.15) is 5.75 Å². The Labute approximate surface area is 152 Å². The molecule has 4 nitrogen and oxygen atoms in total. The predicted molar refractivity (Wildman–Crippen MR) is 102 cm³/mol. The van der Waals surface area contributed by atoms with Crippen molar-refractivity contribution in [3.05, 3.63) is 84.4 Å². The first-order valence-electron chi connectivity index (χ1n) is 8.32. The quantitative estimate of drug-likeness (QED) is 0.666. The molecule has 0 fully saturated rings. The Morgan fingerprint density at radius 3 is 2.27 bits per heavy atom. The van der Waals surface area contributed by atoms with Crippen LogP contribution in [-0.4, -0.2) is 18.3 Å². The highest BCUT2D eigenvalue weighted by molar-refractivity contribution is 5.98. The van der Waals surface area contributed by atoms with Crippen molar-refractivity contribution in [2.24, 2.45) is 0 Å². The van der Waals surface area contributed by atoms with E-state index in [1.165, 1.54) is 6.92 Å². The second-order valence-electron chi connectivity index (χ2n) is 5.80. The minimum absolute atomic E-state index is 0.101. The van der Waals surface area contributed by atoms with Crippen LogP contribution in [0.25, 0.3) is 11.1 Å². The zero-order chi connectivity index (χ0) is 18.4. The highest BCUT2D eigenvalue weighted by Gasteiger charge is 2.11. The summed E-state index contributed by atoms with van der Waals surface area (Å²) < 4.78 is 5.55. The van der Waals surface area contributed by atoms with Gasteiger partial charge in [0, 0.05) is 11.3 Å². The molecular formula is C22H19NO3. The Morgan fingerprint density at radius 2 is 1.50 bits per heavy atom. The van der Waals surface area contributed by atoms with Crippen LogP contribution in [0.15, 0.2) is 78.9 Å². The van der Waals surface area contributed by atoms with Gasteiger partial charge in [-0.1, -0.05) is 60.7 Å². The molecule has 0 aliphatic heterocycles. The number of nitrogens with one attached hydrogen (secondary N) is 1. The van der Waals surface area contributed by atoms with Gasteiger partial charge in [-0.05, 0) is 30.7 Å². The van der Waals surface area contributed by atoms with E-state index < -0.39 is 0 Å². The molecule has 0 aliphatic carbocycles. The lowest BCUT2D eigenvalue weighted by molar-refractivity contribution is -0.118. The van der Waals surface area contributed by atoms with Gasteiger partial charge in [-0.3, -0.25) is 9.59 Å². The van der Waals surface area contributed by atoms with Crippen molar-refractivity contribution < 1.29 is 14.3 Å². The van der Waals surface area contributed by atoms with Crippen LogP contribution >= 0.6 is 0 Å². The van der Waals surface area contributed by atoms with E-state index in [1.807, 2.05) is 54.6 Å². The Bertz CT molecular complexity index is 919. The number of hydrogen-bond donors (Lipinski definition) is 1. The van der Waals surface area contributed by atoms with Crippen LogP contribution in [0.1, 0.15) is 17.3 Å². The molecule has 4 heteroatoms. The highest BCUT2D eigenvalue weighted by atomic mass is 16.5. The molecule has 3 aromatic carbocycles. The van der Waals surface area contributed by atoms with Gasteiger partial charge in [0.2, 0.25) is 0 Å². The molecule has 0 saturated carbocycles. The molecule has 0 atom stereocenters. The van der Waals surface area contributed by atoms with Crippen LogP contribution in [0.2, 0.25) is 0 Å². The fourth-order valence-corrected chi connectivity index (χ4v) is 2.67. The van der Waals surface area contributed by atoms with Crippen LogP contribution in [-0.2, 0) is 4.79 Å². The van der Waals surface area contributed by atoms with Gasteiger partial charge in [-0.25, -0.2) is 0 Å². The van der Waals surface area contributed by atoms with Crippen molar-refractivity contribution in [2.45, 2.75) is 6.92 Å². The van der Waals surface area contributed by atoms with Crippen molar-refractivity contribution in [2.75, 3.05) is 11.9 Å². The summed E-state index contributed by atoms with van der Waals surface area (Å²) in [5.41, 5.74) is 3.13. The number of benzene rings is 3. The maximum Gasteiger partial charge on any atom is 0.262 e. The summed E-state index contributed by atoms with van der Waals surface area (Å²) in [4.78, 5) is 24.0. The van der Waals surface area contributed by atoms with E-state index in [4.69, 9.17) is 4.74 Å². The topological polar surface area (TPSA) is 55.4 Å². The first-order valence-corrected chi connectivity index (χ1v) is 8.32. The molecular weight excluding hydrogens is 326 g/mol. The monoisotopic (exact) mass is 345 g/mol. The van der Waals surface area contributed by atoms with Crippen LogP contribution in [0.4, 0.5) is 5.69 Å². The highest BCUT2D eigenvalue weighted by Crippen LogP contribution is 2.27. The standard InChI is InChI=1S/C22H19NO3/c1-16(24)18-11-6-8-14-21(18)26-15-22(25)23-20-13-7-5-12-19(20)17-9-3-2-4-10-17/h2-14H,15H2,1H3,(H,23,25). The molecule has 0 spiro atoms. The van der Waals surface area contributed by atoms with Crippen molar-refractivity contribution in [3.63, 3.8) is 0 Å². The molecule has 26 heavy (non-hydrogen) atoms. The maximum absolute atomic E-state index is 12.3. The summed E-state index contributed by atoms with van der Waals surface area (Å²) in [5, 5.41) is 2.88. The van der Waals surface area contributed by atoms with E-state index in [2.05, 4.69) is 5.32 Å². The normalized spacial score (nSPS) is 10.2. The molecule has 1 amide bonds. The Balaban J connectivity index is 1.71. The van der Waals surface area contributed by atoms with Gasteiger partial charge >= 0.3 is 0 Å². The minimum Gasteiger partial charge on any atom is -0.483 e. The van der Waals surface area contributed by atoms with E-state index in [9.17, 15) is 9.59 Å². The van der Waals surface area contributed by atoms with E-state index in [1.54, 1.807) is 24.3 Å². The number of ether oxygens (including phenoxy) is 1.